The minimum absolute atomic E-state index is 0.140. The Morgan fingerprint density at radius 1 is 1.21 bits per heavy atom. The van der Waals surface area contributed by atoms with Crippen molar-refractivity contribution >= 4 is 0 Å². The number of nitrogens with two attached hydrogens (primary N) is 1. The van der Waals surface area contributed by atoms with Crippen molar-refractivity contribution in [3.8, 4) is 5.88 Å². The molecule has 4 heteroatoms. The fourth-order valence-corrected chi connectivity index (χ4v) is 1.56. The van der Waals surface area contributed by atoms with Crippen molar-refractivity contribution < 1.29 is 9.47 Å². The first-order valence-corrected chi connectivity index (χ1v) is 6.79. The summed E-state index contributed by atoms with van der Waals surface area (Å²) in [5, 5.41) is 0. The molecular weight excluding hydrogens is 240 g/mol. The van der Waals surface area contributed by atoms with Gasteiger partial charge in [0, 0.05) is 18.3 Å². The molecule has 0 aliphatic heterocycles. The summed E-state index contributed by atoms with van der Waals surface area (Å²) in [5.74, 6) is 0.990. The lowest BCUT2D eigenvalue weighted by molar-refractivity contribution is -0.0168. The Morgan fingerprint density at radius 2 is 1.89 bits per heavy atom. The summed E-state index contributed by atoms with van der Waals surface area (Å²) in [5.41, 5.74) is 7.61. The molecular formula is C15H26N2O2. The van der Waals surface area contributed by atoms with E-state index in [1.165, 1.54) is 0 Å². The molecule has 0 atom stereocenters. The van der Waals surface area contributed by atoms with Gasteiger partial charge in [0.15, 0.2) is 0 Å². The minimum atomic E-state index is -0.140. The van der Waals surface area contributed by atoms with Crippen molar-refractivity contribution in [1.82, 2.24) is 4.98 Å². The Hall–Kier alpha value is -1.13. The van der Waals surface area contributed by atoms with Gasteiger partial charge in [0.25, 0.3) is 0 Å². The van der Waals surface area contributed by atoms with Gasteiger partial charge in [-0.3, -0.25) is 0 Å². The fourth-order valence-electron chi connectivity index (χ4n) is 1.56. The highest BCUT2D eigenvalue weighted by atomic mass is 16.5. The van der Waals surface area contributed by atoms with Gasteiger partial charge in [-0.15, -0.1) is 0 Å². The highest BCUT2D eigenvalue weighted by Gasteiger charge is 2.10. The van der Waals surface area contributed by atoms with Crippen LogP contribution in [0.2, 0.25) is 0 Å². The van der Waals surface area contributed by atoms with E-state index in [0.717, 1.165) is 11.3 Å². The van der Waals surface area contributed by atoms with Crippen LogP contribution in [0.1, 0.15) is 51.8 Å². The van der Waals surface area contributed by atoms with Crippen molar-refractivity contribution in [2.75, 3.05) is 13.2 Å². The molecule has 19 heavy (non-hydrogen) atoms. The molecule has 0 aliphatic rings. The second-order valence-electron chi connectivity index (χ2n) is 5.91. The maximum absolute atomic E-state index is 5.69. The Balaban J connectivity index is 2.60. The molecule has 0 spiro atoms. The second-order valence-corrected chi connectivity index (χ2v) is 5.91. The van der Waals surface area contributed by atoms with Crippen LogP contribution >= 0.6 is 0 Å². The second kappa shape index (κ2) is 6.87. The third kappa shape index (κ3) is 6.03. The van der Waals surface area contributed by atoms with E-state index in [1.54, 1.807) is 0 Å². The summed E-state index contributed by atoms with van der Waals surface area (Å²) in [6, 6.07) is 3.92. The SMILES string of the molecule is CC(C)c1cc(CN)cc(OCCOC(C)(C)C)n1. The molecule has 0 aliphatic carbocycles. The van der Waals surface area contributed by atoms with E-state index < -0.39 is 0 Å². The Morgan fingerprint density at radius 3 is 2.42 bits per heavy atom. The van der Waals surface area contributed by atoms with Crippen LogP contribution in [0.25, 0.3) is 0 Å². The third-order valence-corrected chi connectivity index (χ3v) is 2.58. The number of rotatable bonds is 6. The van der Waals surface area contributed by atoms with E-state index >= 15 is 0 Å². The van der Waals surface area contributed by atoms with Gasteiger partial charge in [-0.25, -0.2) is 4.98 Å². The molecule has 0 saturated carbocycles. The number of nitrogens with zero attached hydrogens (tertiary/aromatic N) is 1. The van der Waals surface area contributed by atoms with Gasteiger partial charge < -0.3 is 15.2 Å². The fraction of sp³-hybridized carbons (Fsp3) is 0.667. The minimum Gasteiger partial charge on any atom is -0.475 e. The zero-order chi connectivity index (χ0) is 14.5. The van der Waals surface area contributed by atoms with Crippen LogP contribution in [0.5, 0.6) is 5.88 Å². The first-order chi connectivity index (χ1) is 8.81. The van der Waals surface area contributed by atoms with Gasteiger partial charge in [0.05, 0.1) is 12.2 Å². The number of ether oxygens (including phenoxy) is 2. The van der Waals surface area contributed by atoms with Gasteiger partial charge in [-0.1, -0.05) is 13.8 Å². The summed E-state index contributed by atoms with van der Waals surface area (Å²) >= 11 is 0. The third-order valence-electron chi connectivity index (χ3n) is 2.58. The van der Waals surface area contributed by atoms with Gasteiger partial charge >= 0.3 is 0 Å². The molecule has 0 unspecified atom stereocenters. The largest absolute Gasteiger partial charge is 0.475 e. The van der Waals surface area contributed by atoms with Crippen LogP contribution in [-0.2, 0) is 11.3 Å². The Labute approximate surface area is 116 Å². The summed E-state index contributed by atoms with van der Waals surface area (Å²) < 4.78 is 11.3. The summed E-state index contributed by atoms with van der Waals surface area (Å²) in [6.07, 6.45) is 0. The van der Waals surface area contributed by atoms with Gasteiger partial charge in [-0.2, -0.15) is 0 Å². The molecule has 4 nitrogen and oxygen atoms in total. The monoisotopic (exact) mass is 266 g/mol. The zero-order valence-electron chi connectivity index (χ0n) is 12.7. The normalized spacial score (nSPS) is 11.9. The first-order valence-electron chi connectivity index (χ1n) is 6.79. The van der Waals surface area contributed by atoms with Crippen LogP contribution in [0.4, 0.5) is 0 Å². The van der Waals surface area contributed by atoms with E-state index in [2.05, 4.69) is 18.8 Å². The van der Waals surface area contributed by atoms with E-state index in [1.807, 2.05) is 32.9 Å². The molecule has 1 heterocycles. The van der Waals surface area contributed by atoms with Crippen LogP contribution < -0.4 is 10.5 Å². The molecule has 1 aromatic heterocycles. The zero-order valence-corrected chi connectivity index (χ0v) is 12.7. The smallest absolute Gasteiger partial charge is 0.213 e. The quantitative estimate of drug-likeness (QED) is 0.804. The molecule has 0 aromatic carbocycles. The summed E-state index contributed by atoms with van der Waals surface area (Å²) in [6.45, 7) is 11.8. The molecule has 108 valence electrons. The van der Waals surface area contributed by atoms with Crippen LogP contribution in [0, 0.1) is 0 Å². The predicted molar refractivity (Wildman–Crippen MR) is 77.4 cm³/mol. The number of hydrogen-bond acceptors (Lipinski definition) is 4. The number of hydrogen-bond donors (Lipinski definition) is 1. The van der Waals surface area contributed by atoms with Gasteiger partial charge in [0.2, 0.25) is 5.88 Å². The summed E-state index contributed by atoms with van der Waals surface area (Å²) in [4.78, 5) is 4.48. The van der Waals surface area contributed by atoms with Crippen molar-refractivity contribution in [3.63, 3.8) is 0 Å². The number of pyridine rings is 1. The van der Waals surface area contributed by atoms with E-state index in [9.17, 15) is 0 Å². The molecule has 1 aromatic rings. The van der Waals surface area contributed by atoms with Crippen LogP contribution in [0.3, 0.4) is 0 Å². The lowest BCUT2D eigenvalue weighted by Gasteiger charge is -2.19. The first kappa shape index (κ1) is 15.9. The predicted octanol–water partition coefficient (Wildman–Crippen LogP) is 2.86. The van der Waals surface area contributed by atoms with E-state index in [4.69, 9.17) is 15.2 Å². The van der Waals surface area contributed by atoms with Crippen LogP contribution in [0.15, 0.2) is 12.1 Å². The number of aromatic nitrogens is 1. The topological polar surface area (TPSA) is 57.4 Å². The average Bonchev–Trinajstić information content (AvgIpc) is 2.33. The average molecular weight is 266 g/mol. The summed E-state index contributed by atoms with van der Waals surface area (Å²) in [7, 11) is 0. The maximum Gasteiger partial charge on any atom is 0.213 e. The Bertz CT molecular complexity index is 398. The highest BCUT2D eigenvalue weighted by molar-refractivity contribution is 5.26. The molecule has 0 bridgehead atoms. The molecule has 0 saturated heterocycles. The van der Waals surface area contributed by atoms with Crippen molar-refractivity contribution in [1.29, 1.82) is 0 Å². The van der Waals surface area contributed by atoms with E-state index in [0.29, 0.717) is 31.6 Å². The maximum atomic E-state index is 5.69. The Kier molecular flexibility index (Phi) is 5.76. The molecule has 0 fully saturated rings. The van der Waals surface area contributed by atoms with E-state index in [-0.39, 0.29) is 5.60 Å². The standard InChI is InChI=1S/C15H26N2O2/c1-11(2)13-8-12(10-16)9-14(17-13)18-6-7-19-15(3,4)5/h8-9,11H,6-7,10,16H2,1-5H3. The molecule has 2 N–H and O–H groups in total. The van der Waals surface area contributed by atoms with Crippen molar-refractivity contribution in [2.45, 2.75) is 52.7 Å². The van der Waals surface area contributed by atoms with Crippen molar-refractivity contribution in [2.24, 2.45) is 5.73 Å². The van der Waals surface area contributed by atoms with Crippen molar-refractivity contribution in [3.05, 3.63) is 23.4 Å². The molecule has 0 radical (unpaired) electrons. The molecule has 0 amide bonds. The van der Waals surface area contributed by atoms with Gasteiger partial charge in [0.1, 0.15) is 6.61 Å². The van der Waals surface area contributed by atoms with Gasteiger partial charge in [-0.05, 0) is 38.3 Å². The highest BCUT2D eigenvalue weighted by Crippen LogP contribution is 2.19. The lowest BCUT2D eigenvalue weighted by Crippen LogP contribution is -2.22. The lowest BCUT2D eigenvalue weighted by atomic mass is 10.1. The van der Waals surface area contributed by atoms with Crippen LogP contribution in [-0.4, -0.2) is 23.8 Å². The molecule has 1 rings (SSSR count).